The van der Waals surface area contributed by atoms with Gasteiger partial charge in [0.05, 0.1) is 43.3 Å². The number of carbonyl (C=O) groups is 2. The topological polar surface area (TPSA) is 105 Å². The smallest absolute Gasteiger partial charge is 0.420 e. The first-order chi connectivity index (χ1) is 19.3. The van der Waals surface area contributed by atoms with Crippen LogP contribution in [0.1, 0.15) is 39.5 Å². The van der Waals surface area contributed by atoms with Gasteiger partial charge in [-0.05, 0) is 47.4 Å². The van der Waals surface area contributed by atoms with E-state index < -0.39 is 11.7 Å². The van der Waals surface area contributed by atoms with Crippen LogP contribution in [0.4, 0.5) is 0 Å². The number of likely N-dealkylation sites (tertiary alicyclic amines) is 1. The summed E-state index contributed by atoms with van der Waals surface area (Å²) in [5, 5.41) is 10.0. The molecule has 1 aliphatic heterocycles. The van der Waals surface area contributed by atoms with Gasteiger partial charge in [0.15, 0.2) is 5.58 Å². The van der Waals surface area contributed by atoms with Gasteiger partial charge in [-0.2, -0.15) is 0 Å². The zero-order chi connectivity index (χ0) is 28.2. The number of β-amino-alcohol motifs (C(OH)–C–C–N with tert-alkyl or cyclic N) is 1. The molecule has 9 nitrogen and oxygen atoms in total. The van der Waals surface area contributed by atoms with Gasteiger partial charge in [0.25, 0.3) is 0 Å². The standard InChI is InChI=1S/C31H33N3O6/c1-32(27(23-6-4-3-5-7-23)20-33-15-14-25(35)19-33)29(36)17-22-10-13-28-26(16-22)34(31(38)40-28)18-21-8-11-24(12-9-21)30(37)39-2/h3-13,16,25,27,35H,14-15,17-20H2,1-2H3/t25?,27-/m1/s1. The van der Waals surface area contributed by atoms with Crippen molar-refractivity contribution >= 4 is 23.0 Å². The molecule has 1 saturated heterocycles. The molecule has 1 aromatic heterocycles. The zero-order valence-electron chi connectivity index (χ0n) is 22.7. The van der Waals surface area contributed by atoms with Crippen LogP contribution in [0.25, 0.3) is 11.1 Å². The van der Waals surface area contributed by atoms with Crippen molar-refractivity contribution in [2.45, 2.75) is 31.5 Å². The molecule has 1 amide bonds. The Bertz CT molecular complexity index is 1540. The molecule has 40 heavy (non-hydrogen) atoms. The van der Waals surface area contributed by atoms with Crippen LogP contribution in [-0.4, -0.2) is 71.2 Å². The van der Waals surface area contributed by atoms with E-state index in [1.807, 2.05) is 43.4 Å². The summed E-state index contributed by atoms with van der Waals surface area (Å²) in [7, 11) is 3.14. The SMILES string of the molecule is COC(=O)c1ccc(Cn2c(=O)oc3ccc(CC(=O)N(C)[C@H](CN4CCC(O)C4)c4ccccc4)cc32)cc1. The van der Waals surface area contributed by atoms with E-state index in [0.29, 0.717) is 29.8 Å². The van der Waals surface area contributed by atoms with Crippen LogP contribution < -0.4 is 5.76 Å². The van der Waals surface area contributed by atoms with Crippen molar-refractivity contribution in [3.63, 3.8) is 0 Å². The lowest BCUT2D eigenvalue weighted by atomic mass is 10.0. The second-order valence-electron chi connectivity index (χ2n) is 10.3. The molecule has 0 radical (unpaired) electrons. The molecule has 1 fully saturated rings. The third-order valence-corrected chi connectivity index (χ3v) is 7.53. The fourth-order valence-electron chi connectivity index (χ4n) is 5.24. The van der Waals surface area contributed by atoms with Gasteiger partial charge in [-0.15, -0.1) is 0 Å². The van der Waals surface area contributed by atoms with E-state index in [2.05, 4.69) is 4.90 Å². The number of carbonyl (C=O) groups excluding carboxylic acids is 2. The largest absolute Gasteiger partial charge is 0.465 e. The maximum absolute atomic E-state index is 13.5. The molecule has 4 aromatic rings. The number of aromatic nitrogens is 1. The van der Waals surface area contributed by atoms with Gasteiger partial charge in [-0.25, -0.2) is 9.59 Å². The number of fused-ring (bicyclic) bond motifs is 1. The van der Waals surface area contributed by atoms with E-state index in [4.69, 9.17) is 9.15 Å². The van der Waals surface area contributed by atoms with E-state index in [0.717, 1.165) is 29.7 Å². The summed E-state index contributed by atoms with van der Waals surface area (Å²) in [6.45, 7) is 2.29. The van der Waals surface area contributed by atoms with Crippen LogP contribution in [0.5, 0.6) is 0 Å². The third kappa shape index (κ3) is 6.00. The highest BCUT2D eigenvalue weighted by Crippen LogP contribution is 2.25. The summed E-state index contributed by atoms with van der Waals surface area (Å²) in [5.74, 6) is -0.974. The van der Waals surface area contributed by atoms with Gasteiger partial charge in [0.2, 0.25) is 5.91 Å². The van der Waals surface area contributed by atoms with Gasteiger partial charge < -0.3 is 19.2 Å². The van der Waals surface area contributed by atoms with Crippen molar-refractivity contribution in [1.29, 1.82) is 0 Å². The average molecular weight is 544 g/mol. The van der Waals surface area contributed by atoms with Crippen LogP contribution in [0.15, 0.2) is 82.0 Å². The zero-order valence-corrected chi connectivity index (χ0v) is 22.7. The Morgan fingerprint density at radius 2 is 1.80 bits per heavy atom. The number of hydrogen-bond donors (Lipinski definition) is 1. The van der Waals surface area contributed by atoms with Crippen molar-refractivity contribution in [3.05, 3.63) is 106 Å². The molecule has 0 spiro atoms. The normalized spacial score (nSPS) is 16.2. The molecular weight excluding hydrogens is 510 g/mol. The Hall–Kier alpha value is -4.21. The number of aliphatic hydroxyl groups excluding tert-OH is 1. The minimum atomic E-state index is -0.496. The number of nitrogens with zero attached hydrogens (tertiary/aromatic N) is 3. The Morgan fingerprint density at radius 1 is 1.07 bits per heavy atom. The van der Waals surface area contributed by atoms with Gasteiger partial charge in [0.1, 0.15) is 0 Å². The molecule has 5 rings (SSSR count). The Balaban J connectivity index is 1.35. The fourth-order valence-corrected chi connectivity index (χ4v) is 5.24. The highest BCUT2D eigenvalue weighted by Gasteiger charge is 2.28. The molecule has 1 aliphatic rings. The van der Waals surface area contributed by atoms with E-state index in [1.165, 1.54) is 11.7 Å². The van der Waals surface area contributed by atoms with Crippen LogP contribution in [-0.2, 0) is 22.5 Å². The Kier molecular flexibility index (Phi) is 8.14. The summed E-state index contributed by atoms with van der Waals surface area (Å²) in [6.07, 6.45) is 0.564. The van der Waals surface area contributed by atoms with Gasteiger partial charge >= 0.3 is 11.7 Å². The number of amides is 1. The molecule has 2 heterocycles. The van der Waals surface area contributed by atoms with E-state index in [-0.39, 0.29) is 31.0 Å². The highest BCUT2D eigenvalue weighted by atomic mass is 16.5. The van der Waals surface area contributed by atoms with Crippen LogP contribution in [0.3, 0.4) is 0 Å². The minimum absolute atomic E-state index is 0.0521. The number of benzene rings is 3. The number of aliphatic hydroxyl groups is 1. The molecule has 208 valence electrons. The van der Waals surface area contributed by atoms with Gasteiger partial charge in [-0.3, -0.25) is 14.3 Å². The first-order valence-electron chi connectivity index (χ1n) is 13.3. The van der Waals surface area contributed by atoms with Crippen molar-refractivity contribution < 1.29 is 23.8 Å². The number of likely N-dealkylation sites (N-methyl/N-ethyl adjacent to an activating group) is 1. The van der Waals surface area contributed by atoms with Crippen LogP contribution in [0.2, 0.25) is 0 Å². The number of rotatable bonds is 9. The molecular formula is C31H33N3O6. The number of ether oxygens (including phenoxy) is 1. The molecule has 0 aliphatic carbocycles. The van der Waals surface area contributed by atoms with Gasteiger partial charge in [0, 0.05) is 26.7 Å². The number of methoxy groups -OCH3 is 1. The Labute approximate surface area is 232 Å². The lowest BCUT2D eigenvalue weighted by Crippen LogP contribution is -2.39. The third-order valence-electron chi connectivity index (χ3n) is 7.53. The number of oxazole rings is 1. The van der Waals surface area contributed by atoms with E-state index in [9.17, 15) is 19.5 Å². The quantitative estimate of drug-likeness (QED) is 0.323. The van der Waals surface area contributed by atoms with Crippen molar-refractivity contribution in [2.75, 3.05) is 33.8 Å². The number of esters is 1. The molecule has 2 atom stereocenters. The monoisotopic (exact) mass is 543 g/mol. The molecule has 0 saturated carbocycles. The predicted molar refractivity (Wildman–Crippen MR) is 150 cm³/mol. The summed E-state index contributed by atoms with van der Waals surface area (Å²) >= 11 is 0. The molecule has 3 aromatic carbocycles. The van der Waals surface area contributed by atoms with Crippen molar-refractivity contribution in [3.8, 4) is 0 Å². The van der Waals surface area contributed by atoms with E-state index >= 15 is 0 Å². The first-order valence-corrected chi connectivity index (χ1v) is 13.3. The summed E-state index contributed by atoms with van der Waals surface area (Å²) in [6, 6.07) is 22.0. The summed E-state index contributed by atoms with van der Waals surface area (Å²) in [5.41, 5.74) is 4.09. The van der Waals surface area contributed by atoms with Crippen LogP contribution in [0, 0.1) is 0 Å². The second-order valence-corrected chi connectivity index (χ2v) is 10.3. The van der Waals surface area contributed by atoms with Crippen molar-refractivity contribution in [2.24, 2.45) is 0 Å². The van der Waals surface area contributed by atoms with Crippen LogP contribution >= 0.6 is 0 Å². The highest BCUT2D eigenvalue weighted by molar-refractivity contribution is 5.89. The summed E-state index contributed by atoms with van der Waals surface area (Å²) < 4.78 is 11.7. The lowest BCUT2D eigenvalue weighted by Gasteiger charge is -2.32. The number of hydrogen-bond acceptors (Lipinski definition) is 7. The molecule has 1 N–H and O–H groups in total. The van der Waals surface area contributed by atoms with Gasteiger partial charge in [-0.1, -0.05) is 48.5 Å². The maximum Gasteiger partial charge on any atom is 0.420 e. The fraction of sp³-hybridized carbons (Fsp3) is 0.323. The summed E-state index contributed by atoms with van der Waals surface area (Å²) in [4.78, 5) is 41.9. The average Bonchev–Trinajstić information content (AvgIpc) is 3.53. The minimum Gasteiger partial charge on any atom is -0.465 e. The van der Waals surface area contributed by atoms with Crippen molar-refractivity contribution in [1.82, 2.24) is 14.4 Å². The first kappa shape index (κ1) is 27.4. The second kappa shape index (κ2) is 11.9. The molecule has 9 heteroatoms. The molecule has 0 bridgehead atoms. The molecule has 1 unspecified atom stereocenters. The van der Waals surface area contributed by atoms with E-state index in [1.54, 1.807) is 41.3 Å². The predicted octanol–water partition coefficient (Wildman–Crippen LogP) is 3.24. The lowest BCUT2D eigenvalue weighted by molar-refractivity contribution is -0.131. The Morgan fingerprint density at radius 3 is 2.48 bits per heavy atom. The maximum atomic E-state index is 13.5.